The van der Waals surface area contributed by atoms with Gasteiger partial charge >= 0.3 is 0 Å². The van der Waals surface area contributed by atoms with Gasteiger partial charge < -0.3 is 44.5 Å². The monoisotopic (exact) mass is 476 g/mol. The number of benzene rings is 2. The lowest BCUT2D eigenvalue weighted by Gasteiger charge is -2.39. The summed E-state index contributed by atoms with van der Waals surface area (Å²) in [6.07, 6.45) is -7.60. The molecular weight excluding hydrogens is 452 g/mol. The number of phenols is 1. The number of aromatic hydroxyl groups is 1. The standard InChI is InChI=1S/C23H24O11/c1-8-4-10-15(19(28)22(8)32-3)18(27)14-11(16(10)25)5-9(6-12(14)31-2)33-23-21(30)20(29)17(26)13(7-24)34-23/h4-6,13,17,20-21,23-24,26,28-30H,7H2,1-3H3/t13-,17-,20+,21-,23-/m1/s1. The van der Waals surface area contributed by atoms with Gasteiger partial charge in [-0.05, 0) is 24.6 Å². The van der Waals surface area contributed by atoms with E-state index in [4.69, 9.17) is 18.9 Å². The Morgan fingerprint density at radius 2 is 1.59 bits per heavy atom. The van der Waals surface area contributed by atoms with Crippen LogP contribution in [0.4, 0.5) is 0 Å². The van der Waals surface area contributed by atoms with Crippen LogP contribution in [-0.4, -0.2) is 88.6 Å². The second-order valence-corrected chi connectivity index (χ2v) is 8.02. The van der Waals surface area contributed by atoms with E-state index in [2.05, 4.69) is 0 Å². The number of phenolic OH excluding ortho intramolecular Hbond substituents is 1. The van der Waals surface area contributed by atoms with Crippen molar-refractivity contribution in [3.8, 4) is 23.0 Å². The minimum Gasteiger partial charge on any atom is -0.504 e. The Balaban J connectivity index is 1.77. The van der Waals surface area contributed by atoms with Crippen molar-refractivity contribution in [2.45, 2.75) is 37.6 Å². The summed E-state index contributed by atoms with van der Waals surface area (Å²) in [5.41, 5.74) is 0.0491. The quantitative estimate of drug-likeness (QED) is 0.326. The van der Waals surface area contributed by atoms with Crippen molar-refractivity contribution in [3.05, 3.63) is 46.0 Å². The number of ketones is 2. The number of carbonyl (C=O) groups is 2. The number of methoxy groups -OCH3 is 2. The molecule has 0 radical (unpaired) electrons. The molecule has 1 aliphatic carbocycles. The lowest BCUT2D eigenvalue weighted by Crippen LogP contribution is -2.60. The Kier molecular flexibility index (Phi) is 6.23. The average Bonchev–Trinajstić information content (AvgIpc) is 2.82. The first-order valence-electron chi connectivity index (χ1n) is 10.3. The summed E-state index contributed by atoms with van der Waals surface area (Å²) in [4.78, 5) is 26.6. The number of ether oxygens (including phenoxy) is 4. The molecule has 0 amide bonds. The van der Waals surface area contributed by atoms with Gasteiger partial charge in [-0.15, -0.1) is 0 Å². The van der Waals surface area contributed by atoms with Gasteiger partial charge in [-0.3, -0.25) is 9.59 Å². The summed E-state index contributed by atoms with van der Waals surface area (Å²) in [5, 5.41) is 50.2. The van der Waals surface area contributed by atoms with Gasteiger partial charge in [0.1, 0.15) is 35.9 Å². The van der Waals surface area contributed by atoms with E-state index in [1.807, 2.05) is 0 Å². The lowest BCUT2D eigenvalue weighted by atomic mass is 9.82. The molecule has 1 aliphatic heterocycles. The molecule has 182 valence electrons. The first-order chi connectivity index (χ1) is 16.1. The second-order valence-electron chi connectivity index (χ2n) is 8.02. The van der Waals surface area contributed by atoms with Gasteiger partial charge in [0.15, 0.2) is 17.3 Å². The number of hydrogen-bond acceptors (Lipinski definition) is 11. The summed E-state index contributed by atoms with van der Waals surface area (Å²) >= 11 is 0. The maximum atomic E-state index is 13.3. The van der Waals surface area contributed by atoms with Gasteiger partial charge in [-0.25, -0.2) is 0 Å². The maximum Gasteiger partial charge on any atom is 0.229 e. The van der Waals surface area contributed by atoms with E-state index in [-0.39, 0.29) is 39.5 Å². The Morgan fingerprint density at radius 1 is 0.912 bits per heavy atom. The predicted octanol–water partition coefficient (Wildman–Crippen LogP) is -0.328. The Labute approximate surface area is 193 Å². The van der Waals surface area contributed by atoms with Crippen LogP contribution in [0.1, 0.15) is 37.4 Å². The van der Waals surface area contributed by atoms with Crippen LogP contribution in [0.3, 0.4) is 0 Å². The van der Waals surface area contributed by atoms with Crippen molar-refractivity contribution >= 4 is 11.6 Å². The zero-order valence-corrected chi connectivity index (χ0v) is 18.5. The fourth-order valence-corrected chi connectivity index (χ4v) is 4.25. The maximum absolute atomic E-state index is 13.3. The first kappa shape index (κ1) is 23.9. The van der Waals surface area contributed by atoms with E-state index in [0.29, 0.717) is 5.56 Å². The van der Waals surface area contributed by atoms with Crippen molar-refractivity contribution in [1.29, 1.82) is 0 Å². The van der Waals surface area contributed by atoms with E-state index in [0.717, 1.165) is 0 Å². The molecule has 4 rings (SSSR count). The zero-order valence-electron chi connectivity index (χ0n) is 18.5. The third-order valence-electron chi connectivity index (χ3n) is 5.98. The molecule has 0 spiro atoms. The Bertz CT molecular complexity index is 1160. The molecule has 11 nitrogen and oxygen atoms in total. The Morgan fingerprint density at radius 3 is 2.21 bits per heavy atom. The normalized spacial score (nSPS) is 26.0. The molecule has 2 aliphatic rings. The molecule has 2 aromatic rings. The number of aliphatic hydroxyl groups excluding tert-OH is 4. The van der Waals surface area contributed by atoms with Crippen LogP contribution in [-0.2, 0) is 4.74 Å². The van der Waals surface area contributed by atoms with Crippen LogP contribution in [0.2, 0.25) is 0 Å². The largest absolute Gasteiger partial charge is 0.504 e. The SMILES string of the molecule is COc1cc(O[C@@H]2O[C@H](CO)[C@@H](O)[C@H](O)[C@H]2O)cc2c1C(=O)c1c(cc(C)c(OC)c1O)C2=O. The fraction of sp³-hybridized carbons (Fsp3) is 0.391. The van der Waals surface area contributed by atoms with Crippen LogP contribution < -0.4 is 14.2 Å². The van der Waals surface area contributed by atoms with Crippen molar-refractivity contribution in [2.75, 3.05) is 20.8 Å². The van der Waals surface area contributed by atoms with Crippen molar-refractivity contribution < 1.29 is 54.1 Å². The van der Waals surface area contributed by atoms with Gasteiger partial charge in [0.25, 0.3) is 0 Å². The number of aryl methyl sites for hydroxylation is 1. The average molecular weight is 476 g/mol. The van der Waals surface area contributed by atoms with Gasteiger partial charge in [0.05, 0.1) is 32.0 Å². The van der Waals surface area contributed by atoms with Crippen LogP contribution in [0.15, 0.2) is 18.2 Å². The van der Waals surface area contributed by atoms with Crippen molar-refractivity contribution in [1.82, 2.24) is 0 Å². The van der Waals surface area contributed by atoms with Crippen LogP contribution >= 0.6 is 0 Å². The van der Waals surface area contributed by atoms with E-state index in [1.165, 1.54) is 32.4 Å². The number of aliphatic hydroxyl groups is 4. The van der Waals surface area contributed by atoms with E-state index in [9.17, 15) is 35.1 Å². The number of hydrogen-bond donors (Lipinski definition) is 5. The lowest BCUT2D eigenvalue weighted by molar-refractivity contribution is -0.277. The molecule has 0 aromatic heterocycles. The molecule has 5 atom stereocenters. The third kappa shape index (κ3) is 3.58. The van der Waals surface area contributed by atoms with Crippen molar-refractivity contribution in [3.63, 3.8) is 0 Å². The molecule has 1 saturated heterocycles. The summed E-state index contributed by atoms with van der Waals surface area (Å²) in [6.45, 7) is 0.972. The summed E-state index contributed by atoms with van der Waals surface area (Å²) in [7, 11) is 2.61. The molecular formula is C23H24O11. The van der Waals surface area contributed by atoms with Crippen LogP contribution in [0, 0.1) is 6.92 Å². The van der Waals surface area contributed by atoms with Crippen LogP contribution in [0.25, 0.3) is 0 Å². The molecule has 2 aromatic carbocycles. The van der Waals surface area contributed by atoms with Gasteiger partial charge in [0.2, 0.25) is 12.1 Å². The molecule has 0 bridgehead atoms. The van der Waals surface area contributed by atoms with E-state index < -0.39 is 54.6 Å². The molecule has 0 saturated carbocycles. The third-order valence-corrected chi connectivity index (χ3v) is 5.98. The summed E-state index contributed by atoms with van der Waals surface area (Å²) in [5.74, 6) is -1.70. The van der Waals surface area contributed by atoms with E-state index >= 15 is 0 Å². The highest BCUT2D eigenvalue weighted by atomic mass is 16.7. The Hall–Kier alpha value is -3.22. The van der Waals surface area contributed by atoms with Gasteiger partial charge in [0, 0.05) is 17.2 Å². The van der Waals surface area contributed by atoms with Crippen molar-refractivity contribution in [2.24, 2.45) is 0 Å². The molecule has 1 fully saturated rings. The molecule has 0 unspecified atom stereocenters. The fourth-order valence-electron chi connectivity index (χ4n) is 4.25. The molecule has 11 heteroatoms. The zero-order chi connectivity index (χ0) is 24.9. The minimum absolute atomic E-state index is 0.0275. The summed E-state index contributed by atoms with van der Waals surface area (Å²) < 4.78 is 21.4. The highest BCUT2D eigenvalue weighted by Crippen LogP contribution is 2.44. The second kappa shape index (κ2) is 8.85. The summed E-state index contributed by atoms with van der Waals surface area (Å²) in [6, 6.07) is 3.96. The minimum atomic E-state index is -1.68. The molecule has 5 N–H and O–H groups in total. The van der Waals surface area contributed by atoms with E-state index in [1.54, 1.807) is 6.92 Å². The van der Waals surface area contributed by atoms with Crippen LogP contribution in [0.5, 0.6) is 23.0 Å². The molecule has 34 heavy (non-hydrogen) atoms. The predicted molar refractivity (Wildman–Crippen MR) is 114 cm³/mol. The first-order valence-corrected chi connectivity index (χ1v) is 10.3. The van der Waals surface area contributed by atoms with Gasteiger partial charge in [-0.2, -0.15) is 0 Å². The number of fused-ring (bicyclic) bond motifs is 2. The highest BCUT2D eigenvalue weighted by Gasteiger charge is 2.45. The number of carbonyl (C=O) groups excluding carboxylic acids is 2. The molecule has 1 heterocycles. The topological polar surface area (TPSA) is 172 Å². The number of rotatable bonds is 5. The highest BCUT2D eigenvalue weighted by molar-refractivity contribution is 6.30. The van der Waals surface area contributed by atoms with Gasteiger partial charge in [-0.1, -0.05) is 0 Å². The smallest absolute Gasteiger partial charge is 0.229 e.